The van der Waals surface area contributed by atoms with E-state index in [9.17, 15) is 9.50 Å². The molecule has 0 aliphatic rings. The molecule has 0 saturated heterocycles. The fourth-order valence-electron chi connectivity index (χ4n) is 1.71. The Kier molecular flexibility index (Phi) is 4.08. The van der Waals surface area contributed by atoms with Gasteiger partial charge in [-0.2, -0.15) is 0 Å². The van der Waals surface area contributed by atoms with E-state index in [0.29, 0.717) is 11.3 Å². The summed E-state index contributed by atoms with van der Waals surface area (Å²) >= 11 is 0. The molecule has 3 heteroatoms. The third-order valence-electron chi connectivity index (χ3n) is 2.72. The maximum atomic E-state index is 13.7. The highest BCUT2D eigenvalue weighted by atomic mass is 19.1. The van der Waals surface area contributed by atoms with Crippen molar-refractivity contribution in [2.75, 3.05) is 7.05 Å². The van der Waals surface area contributed by atoms with Crippen molar-refractivity contribution in [1.82, 2.24) is 0 Å². The average Bonchev–Trinajstić information content (AvgIpc) is 2.43. The average molecular weight is 255 g/mol. The van der Waals surface area contributed by atoms with E-state index in [4.69, 9.17) is 0 Å². The zero-order chi connectivity index (χ0) is 13.7. The molecule has 0 bridgehead atoms. The Labute approximate surface area is 111 Å². The predicted octanol–water partition coefficient (Wildman–Crippen LogP) is 3.66. The second-order valence-electron chi connectivity index (χ2n) is 4.01. The van der Waals surface area contributed by atoms with Gasteiger partial charge >= 0.3 is 0 Å². The molecule has 2 aromatic rings. The lowest BCUT2D eigenvalue weighted by molar-refractivity contribution is 0.475. The molecule has 0 radical (unpaired) electrons. The van der Waals surface area contributed by atoms with Crippen molar-refractivity contribution in [3.05, 3.63) is 71.6 Å². The van der Waals surface area contributed by atoms with Crippen LogP contribution in [-0.4, -0.2) is 17.9 Å². The van der Waals surface area contributed by atoms with Gasteiger partial charge < -0.3 is 5.11 Å². The van der Waals surface area contributed by atoms with E-state index in [1.165, 1.54) is 6.07 Å². The Morgan fingerprint density at radius 2 is 1.79 bits per heavy atom. The standard InChI is InChI=1S/C16H14FNO/c1-18-16(14-4-2-3-5-15(14)17)11-8-12-6-9-13(19)10-7-12/h2-11,19H,1H3/b11-8+,18-16?. The van der Waals surface area contributed by atoms with E-state index in [2.05, 4.69) is 4.99 Å². The summed E-state index contributed by atoms with van der Waals surface area (Å²) in [4.78, 5) is 4.09. The summed E-state index contributed by atoms with van der Waals surface area (Å²) in [5, 5.41) is 9.20. The topological polar surface area (TPSA) is 32.6 Å². The first kappa shape index (κ1) is 13.0. The minimum absolute atomic E-state index is 0.218. The number of rotatable bonds is 3. The van der Waals surface area contributed by atoms with Crippen LogP contribution in [-0.2, 0) is 0 Å². The van der Waals surface area contributed by atoms with Crippen LogP contribution in [0.2, 0.25) is 0 Å². The van der Waals surface area contributed by atoms with Crippen LogP contribution in [0.25, 0.3) is 6.08 Å². The number of phenolic OH excluding ortho intramolecular Hbond substituents is 1. The number of hydrogen-bond acceptors (Lipinski definition) is 2. The number of allylic oxidation sites excluding steroid dienone is 1. The molecule has 0 aliphatic carbocycles. The van der Waals surface area contributed by atoms with Gasteiger partial charge in [0.15, 0.2) is 0 Å². The van der Waals surface area contributed by atoms with Crippen molar-refractivity contribution in [3.8, 4) is 5.75 Å². The van der Waals surface area contributed by atoms with Crippen LogP contribution in [0.1, 0.15) is 11.1 Å². The van der Waals surface area contributed by atoms with Gasteiger partial charge in [-0.3, -0.25) is 4.99 Å². The molecule has 0 saturated carbocycles. The van der Waals surface area contributed by atoms with Gasteiger partial charge in [-0.25, -0.2) is 4.39 Å². The van der Waals surface area contributed by atoms with Gasteiger partial charge in [0, 0.05) is 12.6 Å². The predicted molar refractivity (Wildman–Crippen MR) is 76.0 cm³/mol. The molecule has 0 aliphatic heterocycles. The highest BCUT2D eigenvalue weighted by Crippen LogP contribution is 2.13. The number of aromatic hydroxyl groups is 1. The lowest BCUT2D eigenvalue weighted by atomic mass is 10.1. The van der Waals surface area contributed by atoms with Crippen LogP contribution in [0.15, 0.2) is 59.6 Å². The van der Waals surface area contributed by atoms with Crippen LogP contribution in [0.3, 0.4) is 0 Å². The molecular formula is C16H14FNO. The highest BCUT2D eigenvalue weighted by molar-refractivity contribution is 6.10. The lowest BCUT2D eigenvalue weighted by Crippen LogP contribution is -1.99. The number of hydrogen-bond donors (Lipinski definition) is 1. The number of halogens is 1. The third-order valence-corrected chi connectivity index (χ3v) is 2.72. The summed E-state index contributed by atoms with van der Waals surface area (Å²) in [7, 11) is 1.63. The summed E-state index contributed by atoms with van der Waals surface area (Å²) in [6, 6.07) is 13.3. The second-order valence-corrected chi connectivity index (χ2v) is 4.01. The van der Waals surface area contributed by atoms with Gasteiger partial charge in [-0.05, 0) is 35.9 Å². The molecule has 2 aromatic carbocycles. The van der Waals surface area contributed by atoms with E-state index >= 15 is 0 Å². The van der Waals surface area contributed by atoms with Gasteiger partial charge in [-0.15, -0.1) is 0 Å². The van der Waals surface area contributed by atoms with Gasteiger partial charge in [0.2, 0.25) is 0 Å². The zero-order valence-corrected chi connectivity index (χ0v) is 10.5. The number of phenols is 1. The summed E-state index contributed by atoms with van der Waals surface area (Å²) in [5.74, 6) is -0.0749. The molecule has 0 amide bonds. The van der Waals surface area contributed by atoms with Crippen molar-refractivity contribution in [3.63, 3.8) is 0 Å². The SMILES string of the molecule is CN=C(/C=C/c1ccc(O)cc1)c1ccccc1F. The smallest absolute Gasteiger partial charge is 0.132 e. The minimum atomic E-state index is -0.293. The second kappa shape index (κ2) is 5.96. The van der Waals surface area contributed by atoms with Crippen molar-refractivity contribution in [2.24, 2.45) is 4.99 Å². The Bertz CT molecular complexity index is 615. The third kappa shape index (κ3) is 3.28. The highest BCUT2D eigenvalue weighted by Gasteiger charge is 2.04. The number of aliphatic imine (C=N–C) groups is 1. The first-order chi connectivity index (χ1) is 9.20. The molecule has 0 heterocycles. The summed E-state index contributed by atoms with van der Waals surface area (Å²) in [6.07, 6.45) is 3.58. The van der Waals surface area contributed by atoms with E-state index in [-0.39, 0.29) is 11.6 Å². The largest absolute Gasteiger partial charge is 0.508 e. The van der Waals surface area contributed by atoms with Crippen LogP contribution in [0, 0.1) is 5.82 Å². The molecule has 0 aromatic heterocycles. The Morgan fingerprint density at radius 1 is 1.11 bits per heavy atom. The van der Waals surface area contributed by atoms with Crippen LogP contribution >= 0.6 is 0 Å². The van der Waals surface area contributed by atoms with E-state index in [1.54, 1.807) is 55.6 Å². The summed E-state index contributed by atoms with van der Waals surface area (Å²) in [6.45, 7) is 0. The molecule has 0 spiro atoms. The molecule has 0 atom stereocenters. The maximum Gasteiger partial charge on any atom is 0.132 e. The quantitative estimate of drug-likeness (QED) is 0.834. The summed E-state index contributed by atoms with van der Waals surface area (Å²) < 4.78 is 13.7. The van der Waals surface area contributed by atoms with Gasteiger partial charge in [0.25, 0.3) is 0 Å². The Hall–Kier alpha value is -2.42. The normalized spacial score (nSPS) is 12.0. The van der Waals surface area contributed by atoms with Gasteiger partial charge in [-0.1, -0.05) is 30.3 Å². The molecule has 0 unspecified atom stereocenters. The zero-order valence-electron chi connectivity index (χ0n) is 10.5. The molecule has 19 heavy (non-hydrogen) atoms. The first-order valence-corrected chi connectivity index (χ1v) is 5.89. The van der Waals surface area contributed by atoms with Crippen LogP contribution in [0.4, 0.5) is 4.39 Å². The molecule has 2 nitrogen and oxygen atoms in total. The molecule has 1 N–H and O–H groups in total. The summed E-state index contributed by atoms with van der Waals surface area (Å²) in [5.41, 5.74) is 1.96. The fraction of sp³-hybridized carbons (Fsp3) is 0.0625. The van der Waals surface area contributed by atoms with E-state index in [1.807, 2.05) is 6.08 Å². The van der Waals surface area contributed by atoms with Crippen molar-refractivity contribution in [1.29, 1.82) is 0 Å². The number of nitrogens with zero attached hydrogens (tertiary/aromatic N) is 1. The van der Waals surface area contributed by atoms with Crippen molar-refractivity contribution >= 4 is 11.8 Å². The Morgan fingerprint density at radius 3 is 2.42 bits per heavy atom. The van der Waals surface area contributed by atoms with Crippen LogP contribution in [0.5, 0.6) is 5.75 Å². The Balaban J connectivity index is 2.25. The monoisotopic (exact) mass is 255 g/mol. The van der Waals surface area contributed by atoms with E-state index < -0.39 is 0 Å². The fourth-order valence-corrected chi connectivity index (χ4v) is 1.71. The van der Waals surface area contributed by atoms with E-state index in [0.717, 1.165) is 5.56 Å². The first-order valence-electron chi connectivity index (χ1n) is 5.89. The lowest BCUT2D eigenvalue weighted by Gasteiger charge is -2.02. The maximum absolute atomic E-state index is 13.7. The van der Waals surface area contributed by atoms with Crippen LogP contribution < -0.4 is 0 Å². The minimum Gasteiger partial charge on any atom is -0.508 e. The molecular weight excluding hydrogens is 241 g/mol. The molecule has 2 rings (SSSR count). The van der Waals surface area contributed by atoms with Crippen molar-refractivity contribution < 1.29 is 9.50 Å². The molecule has 0 fully saturated rings. The van der Waals surface area contributed by atoms with Crippen molar-refractivity contribution in [2.45, 2.75) is 0 Å². The van der Waals surface area contributed by atoms with Gasteiger partial charge in [0.05, 0.1) is 5.71 Å². The number of benzene rings is 2. The van der Waals surface area contributed by atoms with Gasteiger partial charge in [0.1, 0.15) is 11.6 Å². The molecule has 96 valence electrons.